The van der Waals surface area contributed by atoms with Gasteiger partial charge in [-0.1, -0.05) is 58.0 Å². The molecule has 0 radical (unpaired) electrons. The Hall–Kier alpha value is -1.37. The van der Waals surface area contributed by atoms with Gasteiger partial charge in [-0.25, -0.2) is 4.98 Å². The first-order chi connectivity index (χ1) is 11.7. The Kier molecular flexibility index (Phi) is 13.2. The van der Waals surface area contributed by atoms with Crippen molar-refractivity contribution in [3.63, 3.8) is 0 Å². The molecule has 0 aliphatic heterocycles. The van der Waals surface area contributed by atoms with Crippen molar-refractivity contribution >= 4 is 34.1 Å². The van der Waals surface area contributed by atoms with E-state index in [-0.39, 0.29) is 5.91 Å². The quantitative estimate of drug-likeness (QED) is 0.763. The lowest BCUT2D eigenvalue weighted by atomic mass is 10.2. The third-order valence-electron chi connectivity index (χ3n) is 2.77. The molecule has 24 heavy (non-hydrogen) atoms. The van der Waals surface area contributed by atoms with Gasteiger partial charge in [-0.05, 0) is 18.4 Å². The molecule has 1 aromatic carbocycles. The second kappa shape index (κ2) is 14.0. The Morgan fingerprint density at radius 2 is 1.88 bits per heavy atom. The minimum Gasteiger partial charge on any atom is -0.320 e. The molecule has 0 aliphatic rings. The Morgan fingerprint density at radius 3 is 2.46 bits per heavy atom. The number of rotatable bonds is 6. The van der Waals surface area contributed by atoms with Gasteiger partial charge < -0.3 is 11.1 Å². The van der Waals surface area contributed by atoms with Gasteiger partial charge in [-0.3, -0.25) is 4.79 Å². The van der Waals surface area contributed by atoms with Crippen LogP contribution in [0.5, 0.6) is 0 Å². The van der Waals surface area contributed by atoms with Gasteiger partial charge in [0.15, 0.2) is 5.13 Å². The molecule has 0 saturated carbocycles. The molecule has 2 rings (SSSR count). The maximum Gasteiger partial charge on any atom is 0.243 e. The molecular formula is C18H29N3OS2. The monoisotopic (exact) mass is 367 g/mol. The molecule has 4 nitrogen and oxygen atoms in total. The summed E-state index contributed by atoms with van der Waals surface area (Å²) in [6.07, 6.45) is 2.67. The van der Waals surface area contributed by atoms with E-state index in [0.29, 0.717) is 11.6 Å². The van der Waals surface area contributed by atoms with E-state index in [1.807, 2.05) is 69.7 Å². The number of hydrogen-bond donors (Lipinski definition) is 2. The standard InChI is InChI=1S/C14H17N3OS2.2C2H6/c1-19-8-7-11(15)13(18)17-14-16-12(9-20-14)10-5-3-2-4-6-10;2*1-2/h2-6,9,11H,7-8,15H2,1H3,(H,16,17,18);2*1-2H3. The Morgan fingerprint density at radius 1 is 1.25 bits per heavy atom. The first-order valence-electron chi connectivity index (χ1n) is 8.27. The molecule has 0 bridgehead atoms. The number of thiazole rings is 1. The fourth-order valence-corrected chi connectivity index (χ4v) is 2.86. The van der Waals surface area contributed by atoms with E-state index >= 15 is 0 Å². The first kappa shape index (κ1) is 22.6. The molecule has 1 atom stereocenters. The zero-order valence-corrected chi connectivity index (χ0v) is 16.8. The lowest BCUT2D eigenvalue weighted by Crippen LogP contribution is -2.36. The largest absolute Gasteiger partial charge is 0.320 e. The fraction of sp³-hybridized carbons (Fsp3) is 0.444. The van der Waals surface area contributed by atoms with Crippen molar-refractivity contribution in [3.05, 3.63) is 35.7 Å². The number of benzene rings is 1. The van der Waals surface area contributed by atoms with Crippen LogP contribution >= 0.6 is 23.1 Å². The van der Waals surface area contributed by atoms with E-state index in [4.69, 9.17) is 5.73 Å². The van der Waals surface area contributed by atoms with Crippen LogP contribution in [-0.2, 0) is 4.79 Å². The van der Waals surface area contributed by atoms with Crippen LogP contribution in [0, 0.1) is 0 Å². The van der Waals surface area contributed by atoms with E-state index in [2.05, 4.69) is 10.3 Å². The van der Waals surface area contributed by atoms with Crippen molar-refractivity contribution in [2.75, 3.05) is 17.3 Å². The van der Waals surface area contributed by atoms with E-state index in [1.54, 1.807) is 11.8 Å². The lowest BCUT2D eigenvalue weighted by Gasteiger charge is -2.09. The first-order valence-corrected chi connectivity index (χ1v) is 10.5. The van der Waals surface area contributed by atoms with Gasteiger partial charge in [0.05, 0.1) is 11.7 Å². The van der Waals surface area contributed by atoms with E-state index in [9.17, 15) is 4.79 Å². The van der Waals surface area contributed by atoms with Crippen LogP contribution in [-0.4, -0.2) is 28.9 Å². The topological polar surface area (TPSA) is 68.0 Å². The zero-order valence-electron chi connectivity index (χ0n) is 15.2. The van der Waals surface area contributed by atoms with Crippen LogP contribution in [0.25, 0.3) is 11.3 Å². The van der Waals surface area contributed by atoms with Gasteiger partial charge in [0.1, 0.15) is 0 Å². The molecule has 0 aliphatic carbocycles. The van der Waals surface area contributed by atoms with Crippen molar-refractivity contribution in [1.82, 2.24) is 4.98 Å². The van der Waals surface area contributed by atoms with Gasteiger partial charge >= 0.3 is 0 Å². The average Bonchev–Trinajstić information content (AvgIpc) is 3.12. The molecule has 6 heteroatoms. The number of hydrogen-bond acceptors (Lipinski definition) is 5. The maximum absolute atomic E-state index is 11.9. The second-order valence-corrected chi connectivity index (χ2v) is 6.12. The highest BCUT2D eigenvalue weighted by molar-refractivity contribution is 7.98. The molecule has 0 saturated heterocycles. The average molecular weight is 368 g/mol. The molecular weight excluding hydrogens is 338 g/mol. The smallest absolute Gasteiger partial charge is 0.243 e. The van der Waals surface area contributed by atoms with Crippen molar-refractivity contribution in [2.24, 2.45) is 5.73 Å². The van der Waals surface area contributed by atoms with Crippen LogP contribution in [0.3, 0.4) is 0 Å². The Balaban J connectivity index is 0.00000123. The minimum atomic E-state index is -0.480. The Labute approximate surface area is 154 Å². The minimum absolute atomic E-state index is 0.173. The van der Waals surface area contributed by atoms with E-state index in [0.717, 1.165) is 17.0 Å². The van der Waals surface area contributed by atoms with Crippen LogP contribution < -0.4 is 11.1 Å². The molecule has 1 heterocycles. The number of carbonyl (C=O) groups excluding carboxylic acids is 1. The zero-order chi connectivity index (χ0) is 18.4. The molecule has 134 valence electrons. The second-order valence-electron chi connectivity index (χ2n) is 4.28. The summed E-state index contributed by atoms with van der Waals surface area (Å²) in [6, 6.07) is 9.39. The highest BCUT2D eigenvalue weighted by Crippen LogP contribution is 2.24. The predicted molar refractivity (Wildman–Crippen MR) is 110 cm³/mol. The summed E-state index contributed by atoms with van der Waals surface area (Å²) < 4.78 is 0. The summed E-state index contributed by atoms with van der Waals surface area (Å²) in [6.45, 7) is 8.00. The summed E-state index contributed by atoms with van der Waals surface area (Å²) in [5.74, 6) is 0.704. The maximum atomic E-state index is 11.9. The molecule has 0 fully saturated rings. The van der Waals surface area contributed by atoms with Crippen LogP contribution in [0.15, 0.2) is 35.7 Å². The molecule has 0 spiro atoms. The number of nitrogens with one attached hydrogen (secondary N) is 1. The van der Waals surface area contributed by atoms with E-state index < -0.39 is 6.04 Å². The summed E-state index contributed by atoms with van der Waals surface area (Å²) in [5.41, 5.74) is 7.72. The number of amides is 1. The van der Waals surface area contributed by atoms with Gasteiger partial charge in [-0.15, -0.1) is 11.3 Å². The molecule has 3 N–H and O–H groups in total. The summed E-state index contributed by atoms with van der Waals surface area (Å²) in [4.78, 5) is 16.3. The Bertz CT molecular complexity index is 558. The third-order valence-corrected chi connectivity index (χ3v) is 4.18. The van der Waals surface area contributed by atoms with Gasteiger partial charge in [-0.2, -0.15) is 11.8 Å². The van der Waals surface area contributed by atoms with Crippen LogP contribution in [0.1, 0.15) is 34.1 Å². The number of carbonyl (C=O) groups is 1. The van der Waals surface area contributed by atoms with Crippen molar-refractivity contribution in [2.45, 2.75) is 40.2 Å². The number of aromatic nitrogens is 1. The summed E-state index contributed by atoms with van der Waals surface area (Å²) in [5, 5.41) is 5.30. The van der Waals surface area contributed by atoms with E-state index in [1.165, 1.54) is 11.3 Å². The number of anilines is 1. The van der Waals surface area contributed by atoms with Crippen molar-refractivity contribution in [1.29, 1.82) is 0 Å². The predicted octanol–water partition coefficient (Wildman–Crippen LogP) is 4.88. The van der Waals surface area contributed by atoms with Gasteiger partial charge in [0, 0.05) is 10.9 Å². The van der Waals surface area contributed by atoms with Crippen LogP contribution in [0.4, 0.5) is 5.13 Å². The highest BCUT2D eigenvalue weighted by Gasteiger charge is 2.14. The molecule has 1 aromatic heterocycles. The normalized spacial score (nSPS) is 10.6. The molecule has 1 unspecified atom stereocenters. The summed E-state index contributed by atoms with van der Waals surface area (Å²) >= 11 is 3.09. The summed E-state index contributed by atoms with van der Waals surface area (Å²) in [7, 11) is 0. The number of thioether (sulfide) groups is 1. The van der Waals surface area contributed by atoms with Gasteiger partial charge in [0.25, 0.3) is 0 Å². The number of nitrogens with two attached hydrogens (primary N) is 1. The fourth-order valence-electron chi connectivity index (χ4n) is 1.65. The van der Waals surface area contributed by atoms with Crippen LogP contribution in [0.2, 0.25) is 0 Å². The van der Waals surface area contributed by atoms with Gasteiger partial charge in [0.2, 0.25) is 5.91 Å². The lowest BCUT2D eigenvalue weighted by molar-refractivity contribution is -0.117. The SMILES string of the molecule is CC.CC.CSCCC(N)C(=O)Nc1nc(-c2ccccc2)cs1. The molecule has 1 amide bonds. The van der Waals surface area contributed by atoms with Crippen molar-refractivity contribution < 1.29 is 4.79 Å². The third kappa shape index (κ3) is 7.95. The molecule has 2 aromatic rings. The number of nitrogens with zero attached hydrogens (tertiary/aromatic N) is 1. The van der Waals surface area contributed by atoms with Crippen molar-refractivity contribution in [3.8, 4) is 11.3 Å². The highest BCUT2D eigenvalue weighted by atomic mass is 32.2.